The molecule has 6 heteroatoms. The van der Waals surface area contributed by atoms with Crippen LogP contribution in [0.2, 0.25) is 0 Å². The molecule has 0 bridgehead atoms. The lowest BCUT2D eigenvalue weighted by molar-refractivity contribution is 0.131. The maximum absolute atomic E-state index is 11.4. The van der Waals surface area contributed by atoms with E-state index in [1.165, 1.54) is 0 Å². The first-order chi connectivity index (χ1) is 7.09. The molecule has 0 unspecified atom stereocenters. The van der Waals surface area contributed by atoms with Crippen LogP contribution < -0.4 is 0 Å². The zero-order chi connectivity index (χ0) is 13.1. The lowest BCUT2D eigenvalue weighted by Crippen LogP contribution is -2.50. The average Bonchev–Trinajstić information content (AvgIpc) is 1.99. The molecular weight excluding hydrogens is 289 g/mol. The van der Waals surface area contributed by atoms with Crippen molar-refractivity contribution >= 4 is 52.7 Å². The maximum atomic E-state index is 11.4. The van der Waals surface area contributed by atoms with Gasteiger partial charge in [-0.2, -0.15) is 0 Å². The summed E-state index contributed by atoms with van der Waals surface area (Å²) in [5.41, 5.74) is -0.515. The predicted octanol–water partition coefficient (Wildman–Crippen LogP) is 4.42. The first kappa shape index (κ1) is 16.3. The zero-order valence-corrected chi connectivity index (χ0v) is 12.8. The number of carbonyl (C=O) groups is 1. The summed E-state index contributed by atoms with van der Waals surface area (Å²) in [7, 11) is 0. The lowest BCUT2D eigenvalue weighted by atomic mass is 9.97. The molecule has 0 rings (SSSR count). The van der Waals surface area contributed by atoms with Gasteiger partial charge in [0.1, 0.15) is 9.73 Å². The van der Waals surface area contributed by atoms with Crippen molar-refractivity contribution in [3.8, 4) is 0 Å². The molecule has 2 nitrogen and oxygen atoms in total. The largest absolute Gasteiger partial charge is 0.719 e. The Hall–Kier alpha value is 0.300. The molecular formula is C10H15Cl3NOS-. The van der Waals surface area contributed by atoms with Crippen LogP contribution in [-0.2, 0) is 12.6 Å². The molecule has 0 spiro atoms. The van der Waals surface area contributed by atoms with Gasteiger partial charge in [-0.25, -0.2) is 0 Å². The van der Waals surface area contributed by atoms with E-state index in [1.807, 2.05) is 27.7 Å². The van der Waals surface area contributed by atoms with E-state index >= 15 is 0 Å². The van der Waals surface area contributed by atoms with Gasteiger partial charge >= 0.3 is 0 Å². The third kappa shape index (κ3) is 4.66. The summed E-state index contributed by atoms with van der Waals surface area (Å²) in [5, 5.41) is -0.0783. The van der Waals surface area contributed by atoms with Crippen LogP contribution in [0.4, 0.5) is 4.79 Å². The van der Waals surface area contributed by atoms with E-state index in [0.717, 1.165) is 0 Å². The highest BCUT2D eigenvalue weighted by molar-refractivity contribution is 7.76. The van der Waals surface area contributed by atoms with Gasteiger partial charge in [0.15, 0.2) is 0 Å². The number of carbonyl (C=O) groups excluding carboxylic acids is 1. The van der Waals surface area contributed by atoms with Crippen molar-refractivity contribution in [2.75, 3.05) is 0 Å². The SMILES string of the molecule is CC(C)N(C(=O)[S-])C(C)(C)CC(Cl)=C(Cl)Cl. The summed E-state index contributed by atoms with van der Waals surface area (Å²) in [6, 6.07) is -0.00133. The number of rotatable bonds is 4. The molecule has 0 saturated carbocycles. The molecule has 16 heavy (non-hydrogen) atoms. The Morgan fingerprint density at radius 2 is 1.75 bits per heavy atom. The molecule has 0 aromatic carbocycles. The highest BCUT2D eigenvalue weighted by Gasteiger charge is 2.29. The van der Waals surface area contributed by atoms with E-state index in [0.29, 0.717) is 11.5 Å². The van der Waals surface area contributed by atoms with E-state index in [9.17, 15) is 4.79 Å². The summed E-state index contributed by atoms with van der Waals surface area (Å²) in [4.78, 5) is 13.0. The summed E-state index contributed by atoms with van der Waals surface area (Å²) in [6.07, 6.45) is 0.372. The van der Waals surface area contributed by atoms with Crippen LogP contribution in [0.25, 0.3) is 0 Å². The molecule has 1 amide bonds. The van der Waals surface area contributed by atoms with E-state index in [1.54, 1.807) is 4.90 Å². The Kier molecular flexibility index (Phi) is 6.41. The summed E-state index contributed by atoms with van der Waals surface area (Å²) in [6.45, 7) is 7.53. The molecule has 0 saturated heterocycles. The molecule has 0 heterocycles. The first-order valence-electron chi connectivity index (χ1n) is 4.79. The van der Waals surface area contributed by atoms with Crippen LogP contribution in [0.3, 0.4) is 0 Å². The van der Waals surface area contributed by atoms with E-state index in [-0.39, 0.29) is 10.5 Å². The van der Waals surface area contributed by atoms with Gasteiger partial charge < -0.3 is 22.3 Å². The highest BCUT2D eigenvalue weighted by atomic mass is 35.5. The fraction of sp³-hybridized carbons (Fsp3) is 0.700. The quantitative estimate of drug-likeness (QED) is 0.717. The van der Waals surface area contributed by atoms with Crippen molar-refractivity contribution in [2.24, 2.45) is 0 Å². The summed E-state index contributed by atoms with van der Waals surface area (Å²) >= 11 is 21.8. The third-order valence-electron chi connectivity index (χ3n) is 2.16. The second kappa shape index (κ2) is 6.29. The van der Waals surface area contributed by atoms with Crippen molar-refractivity contribution in [3.63, 3.8) is 0 Å². The highest BCUT2D eigenvalue weighted by Crippen LogP contribution is 2.31. The second-order valence-corrected chi connectivity index (χ2v) is 6.14. The predicted molar refractivity (Wildman–Crippen MR) is 73.0 cm³/mol. The van der Waals surface area contributed by atoms with Crippen molar-refractivity contribution in [1.82, 2.24) is 4.90 Å². The normalized spacial score (nSPS) is 11.5. The summed E-state index contributed by atoms with van der Waals surface area (Å²) < 4.78 is 0.0234. The minimum Gasteiger partial charge on any atom is -0.719 e. The van der Waals surface area contributed by atoms with Crippen LogP contribution in [0.15, 0.2) is 9.52 Å². The minimum atomic E-state index is -0.515. The third-order valence-corrected chi connectivity index (χ3v) is 3.33. The topological polar surface area (TPSA) is 20.3 Å². The lowest BCUT2D eigenvalue weighted by Gasteiger charge is -2.44. The van der Waals surface area contributed by atoms with Crippen LogP contribution >= 0.6 is 34.8 Å². The van der Waals surface area contributed by atoms with Crippen LogP contribution in [0.5, 0.6) is 0 Å². The van der Waals surface area contributed by atoms with Gasteiger partial charge in [0, 0.05) is 18.0 Å². The zero-order valence-electron chi connectivity index (χ0n) is 9.68. The van der Waals surface area contributed by atoms with Gasteiger partial charge in [-0.1, -0.05) is 34.8 Å². The Labute approximate surface area is 117 Å². The molecule has 0 N–H and O–H groups in total. The van der Waals surface area contributed by atoms with Crippen LogP contribution in [-0.4, -0.2) is 21.7 Å². The van der Waals surface area contributed by atoms with E-state index in [2.05, 4.69) is 0 Å². The molecule has 0 aromatic heterocycles. The number of hydrogen-bond acceptors (Lipinski definition) is 2. The monoisotopic (exact) mass is 302 g/mol. The number of nitrogens with zero attached hydrogens (tertiary/aromatic N) is 1. The van der Waals surface area contributed by atoms with E-state index in [4.69, 9.17) is 47.4 Å². The number of hydrogen-bond donors (Lipinski definition) is 0. The van der Waals surface area contributed by atoms with Gasteiger partial charge in [0.25, 0.3) is 0 Å². The molecule has 0 aromatic rings. The van der Waals surface area contributed by atoms with Crippen molar-refractivity contribution in [3.05, 3.63) is 9.52 Å². The molecule has 94 valence electrons. The molecule has 0 aliphatic heterocycles. The van der Waals surface area contributed by atoms with Crippen LogP contribution in [0, 0.1) is 0 Å². The molecule has 0 radical (unpaired) electrons. The Morgan fingerprint density at radius 1 is 1.31 bits per heavy atom. The summed E-state index contributed by atoms with van der Waals surface area (Å²) in [5.74, 6) is 0. The molecule has 0 aliphatic rings. The molecule has 0 aliphatic carbocycles. The van der Waals surface area contributed by atoms with E-state index < -0.39 is 10.8 Å². The second-order valence-electron chi connectivity index (χ2n) is 4.38. The Balaban J connectivity index is 5.01. The number of halogens is 3. The first-order valence-corrected chi connectivity index (χ1v) is 6.33. The van der Waals surface area contributed by atoms with Crippen molar-refractivity contribution in [1.29, 1.82) is 0 Å². The molecule has 0 fully saturated rings. The standard InChI is InChI=1S/C10H16Cl3NOS/c1-6(2)14(9(15)16)10(3,4)5-7(11)8(12)13/h6H,5H2,1-4H3,(H,15,16)/p-1. The minimum absolute atomic E-state index is 0.00133. The van der Waals surface area contributed by atoms with Gasteiger partial charge in [0.05, 0.1) is 5.03 Å². The Bertz CT molecular complexity index is 298. The smallest absolute Gasteiger partial charge is 0.121 e. The van der Waals surface area contributed by atoms with Gasteiger partial charge in [0.2, 0.25) is 0 Å². The average molecular weight is 304 g/mol. The van der Waals surface area contributed by atoms with Gasteiger partial charge in [-0.3, -0.25) is 0 Å². The van der Waals surface area contributed by atoms with Gasteiger partial charge in [-0.15, -0.1) is 0 Å². The van der Waals surface area contributed by atoms with Crippen molar-refractivity contribution in [2.45, 2.75) is 45.7 Å². The number of amides is 1. The molecule has 0 atom stereocenters. The fourth-order valence-corrected chi connectivity index (χ4v) is 2.61. The maximum Gasteiger partial charge on any atom is 0.121 e. The van der Waals surface area contributed by atoms with Crippen molar-refractivity contribution < 1.29 is 4.79 Å². The Morgan fingerprint density at radius 3 is 2.00 bits per heavy atom. The fourth-order valence-electron chi connectivity index (χ4n) is 1.69. The van der Waals surface area contributed by atoms with Crippen LogP contribution in [0.1, 0.15) is 34.1 Å². The van der Waals surface area contributed by atoms with Gasteiger partial charge in [-0.05, 0) is 27.7 Å².